The van der Waals surface area contributed by atoms with Gasteiger partial charge in [0.15, 0.2) is 0 Å². The van der Waals surface area contributed by atoms with Crippen LogP contribution >= 0.6 is 0 Å². The minimum Gasteiger partial charge on any atom is -0.496 e. The highest BCUT2D eigenvalue weighted by Crippen LogP contribution is 2.28. The summed E-state index contributed by atoms with van der Waals surface area (Å²) in [6.07, 6.45) is 0.708. The van der Waals surface area contributed by atoms with Crippen LogP contribution in [0.25, 0.3) is 11.5 Å². The van der Waals surface area contributed by atoms with Crippen molar-refractivity contribution in [2.45, 2.75) is 32.7 Å². The minimum absolute atomic E-state index is 0.0888. The molecule has 1 N–H and O–H groups in total. The van der Waals surface area contributed by atoms with E-state index in [1.165, 1.54) is 0 Å². The number of rotatable bonds is 5. The monoisotopic (exact) mass is 275 g/mol. The molecular formula is C15H21N3O2. The molecule has 0 atom stereocenters. The van der Waals surface area contributed by atoms with Crippen LogP contribution in [0, 0.1) is 0 Å². The van der Waals surface area contributed by atoms with Gasteiger partial charge in [0.25, 0.3) is 5.89 Å². The Balaban J connectivity index is 2.05. The standard InChI is InChI=1S/C15H21N3O2/c1-15(2,3)16-10-9-13-17-18-14(20-13)11-7-5-6-8-12(11)19-4/h5-8,16H,9-10H2,1-4H3. The molecular weight excluding hydrogens is 254 g/mol. The Hall–Kier alpha value is -1.88. The van der Waals surface area contributed by atoms with Crippen LogP contribution in [0.5, 0.6) is 5.75 Å². The summed E-state index contributed by atoms with van der Waals surface area (Å²) < 4.78 is 11.0. The summed E-state index contributed by atoms with van der Waals surface area (Å²) in [7, 11) is 1.63. The molecule has 0 unspecified atom stereocenters. The van der Waals surface area contributed by atoms with Gasteiger partial charge < -0.3 is 14.5 Å². The summed E-state index contributed by atoms with van der Waals surface area (Å²) in [5, 5.41) is 11.6. The van der Waals surface area contributed by atoms with Crippen LogP contribution in [0.4, 0.5) is 0 Å². The first-order chi connectivity index (χ1) is 9.49. The van der Waals surface area contributed by atoms with Gasteiger partial charge in [-0.2, -0.15) is 0 Å². The number of para-hydroxylation sites is 1. The Labute approximate surface area is 119 Å². The molecule has 0 bridgehead atoms. The Morgan fingerprint density at radius 2 is 1.95 bits per heavy atom. The van der Waals surface area contributed by atoms with Crippen molar-refractivity contribution in [1.82, 2.24) is 15.5 Å². The summed E-state index contributed by atoms with van der Waals surface area (Å²) in [5.41, 5.74) is 0.906. The van der Waals surface area contributed by atoms with Crippen molar-refractivity contribution < 1.29 is 9.15 Å². The molecule has 0 aliphatic carbocycles. The number of aromatic nitrogens is 2. The molecule has 0 saturated heterocycles. The normalized spacial score (nSPS) is 11.6. The smallest absolute Gasteiger partial charge is 0.251 e. The molecule has 108 valence electrons. The Morgan fingerprint density at radius 1 is 1.20 bits per heavy atom. The number of hydrogen-bond donors (Lipinski definition) is 1. The third-order valence-corrected chi connectivity index (χ3v) is 2.80. The lowest BCUT2D eigenvalue weighted by Crippen LogP contribution is -2.37. The molecule has 1 aromatic heterocycles. The molecule has 5 heteroatoms. The van der Waals surface area contributed by atoms with Crippen LogP contribution in [0.15, 0.2) is 28.7 Å². The molecule has 2 aromatic rings. The van der Waals surface area contributed by atoms with Crippen LogP contribution in [0.3, 0.4) is 0 Å². The van der Waals surface area contributed by atoms with E-state index in [2.05, 4.69) is 36.3 Å². The molecule has 5 nitrogen and oxygen atoms in total. The fourth-order valence-corrected chi connectivity index (χ4v) is 1.83. The second-order valence-electron chi connectivity index (χ2n) is 5.63. The maximum absolute atomic E-state index is 5.68. The van der Waals surface area contributed by atoms with Crippen LogP contribution in [-0.4, -0.2) is 29.4 Å². The van der Waals surface area contributed by atoms with Crippen molar-refractivity contribution in [3.05, 3.63) is 30.2 Å². The lowest BCUT2D eigenvalue weighted by atomic mass is 10.1. The third-order valence-electron chi connectivity index (χ3n) is 2.80. The Morgan fingerprint density at radius 3 is 2.65 bits per heavy atom. The number of nitrogens with one attached hydrogen (secondary N) is 1. The van der Waals surface area contributed by atoms with Gasteiger partial charge in [-0.15, -0.1) is 10.2 Å². The molecule has 0 spiro atoms. The summed E-state index contributed by atoms with van der Waals surface area (Å²) >= 11 is 0. The van der Waals surface area contributed by atoms with E-state index >= 15 is 0 Å². The summed E-state index contributed by atoms with van der Waals surface area (Å²) in [5.74, 6) is 1.85. The van der Waals surface area contributed by atoms with Gasteiger partial charge in [0.2, 0.25) is 5.89 Å². The molecule has 0 aliphatic rings. The maximum atomic E-state index is 5.68. The molecule has 20 heavy (non-hydrogen) atoms. The zero-order valence-corrected chi connectivity index (χ0v) is 12.4. The lowest BCUT2D eigenvalue weighted by Gasteiger charge is -2.19. The lowest BCUT2D eigenvalue weighted by molar-refractivity contribution is 0.407. The number of benzene rings is 1. The van der Waals surface area contributed by atoms with E-state index in [9.17, 15) is 0 Å². The molecule has 1 aromatic carbocycles. The summed E-state index contributed by atoms with van der Waals surface area (Å²) in [6, 6.07) is 7.61. The van der Waals surface area contributed by atoms with Gasteiger partial charge >= 0.3 is 0 Å². The largest absolute Gasteiger partial charge is 0.496 e. The first-order valence-corrected chi connectivity index (χ1v) is 6.70. The first-order valence-electron chi connectivity index (χ1n) is 6.70. The van der Waals surface area contributed by atoms with Gasteiger partial charge in [-0.25, -0.2) is 0 Å². The quantitative estimate of drug-likeness (QED) is 0.909. The van der Waals surface area contributed by atoms with Crippen LogP contribution in [0.1, 0.15) is 26.7 Å². The van der Waals surface area contributed by atoms with Gasteiger partial charge in [-0.1, -0.05) is 12.1 Å². The van der Waals surface area contributed by atoms with E-state index in [1.54, 1.807) is 7.11 Å². The molecule has 0 saturated carbocycles. The highest BCUT2D eigenvalue weighted by molar-refractivity contribution is 5.62. The minimum atomic E-state index is 0.0888. The fraction of sp³-hybridized carbons (Fsp3) is 0.467. The van der Waals surface area contributed by atoms with Crippen molar-refractivity contribution in [1.29, 1.82) is 0 Å². The van der Waals surface area contributed by atoms with E-state index in [1.807, 2.05) is 24.3 Å². The highest BCUT2D eigenvalue weighted by Gasteiger charge is 2.14. The molecule has 0 fully saturated rings. The molecule has 0 amide bonds. The van der Waals surface area contributed by atoms with Gasteiger partial charge in [0, 0.05) is 18.5 Å². The molecule has 0 radical (unpaired) electrons. The zero-order chi connectivity index (χ0) is 14.6. The number of hydrogen-bond acceptors (Lipinski definition) is 5. The number of nitrogens with zero attached hydrogens (tertiary/aromatic N) is 2. The first kappa shape index (κ1) is 14.5. The predicted molar refractivity (Wildman–Crippen MR) is 77.7 cm³/mol. The fourth-order valence-electron chi connectivity index (χ4n) is 1.83. The van der Waals surface area contributed by atoms with Crippen LogP contribution in [-0.2, 0) is 6.42 Å². The SMILES string of the molecule is COc1ccccc1-c1nnc(CCNC(C)(C)C)o1. The summed E-state index contributed by atoms with van der Waals surface area (Å²) in [6.45, 7) is 7.18. The van der Waals surface area contributed by atoms with Crippen LogP contribution in [0.2, 0.25) is 0 Å². The van der Waals surface area contributed by atoms with Gasteiger partial charge in [-0.3, -0.25) is 0 Å². The zero-order valence-electron chi connectivity index (χ0n) is 12.4. The average molecular weight is 275 g/mol. The second-order valence-corrected chi connectivity index (χ2v) is 5.63. The van der Waals surface area contributed by atoms with Crippen molar-refractivity contribution in [3.63, 3.8) is 0 Å². The van der Waals surface area contributed by atoms with Crippen molar-refractivity contribution in [2.24, 2.45) is 0 Å². The van der Waals surface area contributed by atoms with Gasteiger partial charge in [0.05, 0.1) is 12.7 Å². The van der Waals surface area contributed by atoms with E-state index in [-0.39, 0.29) is 5.54 Å². The second kappa shape index (κ2) is 6.05. The van der Waals surface area contributed by atoms with Crippen molar-refractivity contribution in [3.8, 4) is 17.2 Å². The van der Waals surface area contributed by atoms with Crippen LogP contribution < -0.4 is 10.1 Å². The van der Waals surface area contributed by atoms with Crippen molar-refractivity contribution >= 4 is 0 Å². The Bertz CT molecular complexity index is 558. The van der Waals surface area contributed by atoms with Crippen molar-refractivity contribution in [2.75, 3.05) is 13.7 Å². The number of ether oxygens (including phenoxy) is 1. The average Bonchev–Trinajstić information content (AvgIpc) is 2.86. The van der Waals surface area contributed by atoms with E-state index in [0.717, 1.165) is 17.9 Å². The predicted octanol–water partition coefficient (Wildman–Crippen LogP) is 2.68. The maximum Gasteiger partial charge on any atom is 0.251 e. The van der Waals surface area contributed by atoms with Gasteiger partial charge in [-0.05, 0) is 32.9 Å². The topological polar surface area (TPSA) is 60.2 Å². The van der Waals surface area contributed by atoms with E-state index in [0.29, 0.717) is 18.2 Å². The molecule has 1 heterocycles. The third kappa shape index (κ3) is 3.81. The van der Waals surface area contributed by atoms with Gasteiger partial charge in [0.1, 0.15) is 5.75 Å². The summed E-state index contributed by atoms with van der Waals surface area (Å²) in [4.78, 5) is 0. The van der Waals surface area contributed by atoms with E-state index in [4.69, 9.17) is 9.15 Å². The molecule has 2 rings (SSSR count). The highest BCUT2D eigenvalue weighted by atomic mass is 16.5. The number of methoxy groups -OCH3 is 1. The van der Waals surface area contributed by atoms with E-state index < -0.39 is 0 Å². The molecule has 0 aliphatic heterocycles. The Kier molecular flexibility index (Phi) is 4.39.